The maximum Gasteiger partial charge on any atom is 0.339 e. The lowest BCUT2D eigenvalue weighted by Crippen LogP contribution is -2.41. The summed E-state index contributed by atoms with van der Waals surface area (Å²) in [5.41, 5.74) is 2.74. The zero-order valence-corrected chi connectivity index (χ0v) is 17.5. The van der Waals surface area contributed by atoms with E-state index in [4.69, 9.17) is 4.74 Å². The van der Waals surface area contributed by atoms with E-state index < -0.39 is 0 Å². The van der Waals surface area contributed by atoms with Crippen LogP contribution in [0.15, 0.2) is 18.2 Å². The maximum absolute atomic E-state index is 12.8. The Bertz CT molecular complexity index is 533. The Kier molecular flexibility index (Phi) is 9.94. The van der Waals surface area contributed by atoms with Crippen molar-refractivity contribution in [2.75, 3.05) is 39.3 Å². The Morgan fingerprint density at radius 2 is 1.35 bits per heavy atom. The van der Waals surface area contributed by atoms with E-state index in [1.807, 2.05) is 32.0 Å². The summed E-state index contributed by atoms with van der Waals surface area (Å²) in [4.78, 5) is 17.7. The summed E-state index contributed by atoms with van der Waals surface area (Å²) in [5, 5.41) is 0. The Morgan fingerprint density at radius 3 is 1.77 bits per heavy atom. The second-order valence-corrected chi connectivity index (χ2v) is 7.31. The minimum absolute atomic E-state index is 0. The number of carbonyl (C=O) groups excluding carboxylic acids is 1. The molecule has 2 fully saturated rings. The van der Waals surface area contributed by atoms with Crippen molar-refractivity contribution in [3.8, 4) is 0 Å². The number of ether oxygens (including phenoxy) is 1. The molecule has 0 bridgehead atoms. The number of aryl methyl sites for hydroxylation is 2. The molecule has 4 nitrogen and oxygen atoms in total. The van der Waals surface area contributed by atoms with Gasteiger partial charge in [0.2, 0.25) is 0 Å². The lowest BCUT2D eigenvalue weighted by molar-refractivity contribution is 0.0132. The molecule has 0 unspecified atom stereocenters. The molecule has 0 aliphatic carbocycles. The summed E-state index contributed by atoms with van der Waals surface area (Å²) in [6.45, 7) is 10.3. The van der Waals surface area contributed by atoms with Gasteiger partial charge in [0.05, 0.1) is 5.56 Å². The topological polar surface area (TPSA) is 32.8 Å². The third-order valence-electron chi connectivity index (χ3n) is 5.28. The molecule has 6 heteroatoms. The van der Waals surface area contributed by atoms with E-state index in [0.29, 0.717) is 0 Å². The number of halogens is 2. The van der Waals surface area contributed by atoms with Crippen molar-refractivity contribution in [2.45, 2.75) is 45.6 Å². The predicted molar refractivity (Wildman–Crippen MR) is 111 cm³/mol. The fourth-order valence-electron chi connectivity index (χ4n) is 3.99. The average molecular weight is 403 g/mol. The highest BCUT2D eigenvalue weighted by Crippen LogP contribution is 2.18. The number of esters is 1. The minimum atomic E-state index is -0.158. The smallest absolute Gasteiger partial charge is 0.339 e. The summed E-state index contributed by atoms with van der Waals surface area (Å²) in [7, 11) is 0. The van der Waals surface area contributed by atoms with Gasteiger partial charge >= 0.3 is 5.97 Å². The first-order chi connectivity index (χ1) is 11.6. The molecule has 2 saturated heterocycles. The second kappa shape index (κ2) is 11.1. The van der Waals surface area contributed by atoms with Crippen molar-refractivity contribution >= 4 is 30.8 Å². The van der Waals surface area contributed by atoms with E-state index in [1.165, 1.54) is 25.7 Å². The van der Waals surface area contributed by atoms with Gasteiger partial charge < -0.3 is 4.74 Å². The van der Waals surface area contributed by atoms with Gasteiger partial charge in [-0.3, -0.25) is 9.80 Å². The van der Waals surface area contributed by atoms with E-state index >= 15 is 0 Å². The highest BCUT2D eigenvalue weighted by atomic mass is 35.5. The van der Waals surface area contributed by atoms with Crippen LogP contribution in [-0.4, -0.2) is 61.1 Å². The Labute approximate surface area is 170 Å². The summed E-state index contributed by atoms with van der Waals surface area (Å²) >= 11 is 0. The third kappa shape index (κ3) is 6.12. The van der Waals surface area contributed by atoms with Crippen LogP contribution in [0.5, 0.6) is 0 Å². The number of benzene rings is 1. The number of hydrogen-bond donors (Lipinski definition) is 0. The number of rotatable bonds is 6. The van der Waals surface area contributed by atoms with Gasteiger partial charge in [-0.25, -0.2) is 4.79 Å². The van der Waals surface area contributed by atoms with Gasteiger partial charge in [0.25, 0.3) is 0 Å². The Balaban J connectivity index is 0.00000169. The standard InChI is InChI=1S/C20H30N2O2.2ClH/c1-16-8-7-9-17(2)19(16)20(23)24-18(14-21-10-3-4-11-21)15-22-12-5-6-13-22;;/h7-9,18H,3-6,10-15H2,1-2H3;2*1H. The molecule has 0 radical (unpaired) electrons. The van der Waals surface area contributed by atoms with Gasteiger partial charge in [-0.15, -0.1) is 24.8 Å². The quantitative estimate of drug-likeness (QED) is 0.676. The minimum Gasteiger partial charge on any atom is -0.456 e. The van der Waals surface area contributed by atoms with Crippen LogP contribution in [0.2, 0.25) is 0 Å². The second-order valence-electron chi connectivity index (χ2n) is 7.31. The van der Waals surface area contributed by atoms with Crippen molar-refractivity contribution in [1.29, 1.82) is 0 Å². The van der Waals surface area contributed by atoms with Crippen LogP contribution in [0.3, 0.4) is 0 Å². The zero-order valence-electron chi connectivity index (χ0n) is 15.9. The first-order valence-electron chi connectivity index (χ1n) is 9.35. The molecular weight excluding hydrogens is 371 g/mol. The molecule has 2 heterocycles. The molecular formula is C20H32Cl2N2O2. The number of nitrogens with zero attached hydrogens (tertiary/aromatic N) is 2. The number of carbonyl (C=O) groups is 1. The van der Waals surface area contributed by atoms with Gasteiger partial charge in [0.1, 0.15) is 6.10 Å². The van der Waals surface area contributed by atoms with Crippen LogP contribution in [0.4, 0.5) is 0 Å². The van der Waals surface area contributed by atoms with E-state index in [2.05, 4.69) is 9.80 Å². The monoisotopic (exact) mass is 402 g/mol. The van der Waals surface area contributed by atoms with E-state index in [-0.39, 0.29) is 36.9 Å². The number of likely N-dealkylation sites (tertiary alicyclic amines) is 2. The van der Waals surface area contributed by atoms with Crippen LogP contribution < -0.4 is 0 Å². The highest BCUT2D eigenvalue weighted by Gasteiger charge is 2.26. The van der Waals surface area contributed by atoms with E-state index in [1.54, 1.807) is 0 Å². The fraction of sp³-hybridized carbons (Fsp3) is 0.650. The fourth-order valence-corrected chi connectivity index (χ4v) is 3.99. The maximum atomic E-state index is 12.8. The first-order valence-corrected chi connectivity index (χ1v) is 9.35. The van der Waals surface area contributed by atoms with Crippen molar-refractivity contribution in [3.05, 3.63) is 34.9 Å². The molecule has 1 aromatic carbocycles. The summed E-state index contributed by atoms with van der Waals surface area (Å²) in [6.07, 6.45) is 5.03. The van der Waals surface area contributed by atoms with Crippen LogP contribution >= 0.6 is 24.8 Å². The van der Waals surface area contributed by atoms with Crippen LogP contribution in [-0.2, 0) is 4.74 Å². The van der Waals surface area contributed by atoms with Crippen molar-refractivity contribution < 1.29 is 9.53 Å². The molecule has 0 aromatic heterocycles. The van der Waals surface area contributed by atoms with Gasteiger partial charge in [-0.1, -0.05) is 18.2 Å². The molecule has 0 amide bonds. The molecule has 1 aromatic rings. The molecule has 3 rings (SSSR count). The SMILES string of the molecule is Cc1cccc(C)c1C(=O)OC(CN1CCCC1)CN1CCCC1.Cl.Cl. The van der Waals surface area contributed by atoms with Gasteiger partial charge in [-0.2, -0.15) is 0 Å². The van der Waals surface area contributed by atoms with Crippen molar-refractivity contribution in [2.24, 2.45) is 0 Å². The zero-order chi connectivity index (χ0) is 16.9. The Morgan fingerprint density at radius 1 is 0.923 bits per heavy atom. The van der Waals surface area contributed by atoms with E-state index in [9.17, 15) is 4.79 Å². The predicted octanol–water partition coefficient (Wildman–Crippen LogP) is 3.86. The summed E-state index contributed by atoms with van der Waals surface area (Å²) in [5.74, 6) is -0.158. The molecule has 26 heavy (non-hydrogen) atoms. The Hall–Kier alpha value is -0.810. The van der Waals surface area contributed by atoms with Gasteiger partial charge in [-0.05, 0) is 76.8 Å². The van der Waals surface area contributed by atoms with Crippen LogP contribution in [0, 0.1) is 13.8 Å². The van der Waals surface area contributed by atoms with Crippen LogP contribution in [0.25, 0.3) is 0 Å². The molecule has 148 valence electrons. The van der Waals surface area contributed by atoms with E-state index in [0.717, 1.165) is 56.0 Å². The molecule has 0 spiro atoms. The molecule has 0 saturated carbocycles. The van der Waals surface area contributed by atoms with Crippen molar-refractivity contribution in [3.63, 3.8) is 0 Å². The molecule has 0 N–H and O–H groups in total. The first kappa shape index (κ1) is 23.2. The lowest BCUT2D eigenvalue weighted by Gasteiger charge is -2.27. The van der Waals surface area contributed by atoms with Gasteiger partial charge in [0.15, 0.2) is 0 Å². The molecule has 2 aliphatic rings. The highest BCUT2D eigenvalue weighted by molar-refractivity contribution is 5.92. The summed E-state index contributed by atoms with van der Waals surface area (Å²) in [6, 6.07) is 5.96. The summed E-state index contributed by atoms with van der Waals surface area (Å²) < 4.78 is 6.00. The normalized spacial score (nSPS) is 17.8. The average Bonchev–Trinajstić information content (AvgIpc) is 3.21. The lowest BCUT2D eigenvalue weighted by atomic mass is 10.0. The number of hydrogen-bond acceptors (Lipinski definition) is 4. The third-order valence-corrected chi connectivity index (χ3v) is 5.28. The van der Waals surface area contributed by atoms with Crippen molar-refractivity contribution in [1.82, 2.24) is 9.80 Å². The largest absolute Gasteiger partial charge is 0.456 e. The molecule has 2 aliphatic heterocycles. The molecule has 0 atom stereocenters. The van der Waals surface area contributed by atoms with Gasteiger partial charge in [0, 0.05) is 13.1 Å². The van der Waals surface area contributed by atoms with Crippen LogP contribution in [0.1, 0.15) is 47.2 Å².